The van der Waals surface area contributed by atoms with E-state index in [4.69, 9.17) is 4.74 Å². The summed E-state index contributed by atoms with van der Waals surface area (Å²) in [5.41, 5.74) is 2.84. The van der Waals surface area contributed by atoms with Crippen LogP contribution in [-0.2, 0) is 9.53 Å². The number of ether oxygens (including phenoxy) is 1. The van der Waals surface area contributed by atoms with Gasteiger partial charge in [0, 0.05) is 30.5 Å². The third-order valence-electron chi connectivity index (χ3n) is 5.85. The smallest absolute Gasteiger partial charge is 0.330 e. The van der Waals surface area contributed by atoms with Gasteiger partial charge in [-0.2, -0.15) is 0 Å². The molecule has 171 valence electrons. The van der Waals surface area contributed by atoms with Crippen molar-refractivity contribution < 1.29 is 14.4 Å². The number of carbonyl (C=O) groups excluding carboxylic acids is 1. The van der Waals surface area contributed by atoms with Crippen molar-refractivity contribution in [1.82, 2.24) is 0 Å². The fraction of sp³-hybridized carbons (Fsp3) is 0.222. The number of allylic oxidation sites excluding steroid dienone is 1. The van der Waals surface area contributed by atoms with E-state index >= 15 is 0 Å². The van der Waals surface area contributed by atoms with E-state index in [1.807, 2.05) is 60.7 Å². The summed E-state index contributed by atoms with van der Waals surface area (Å²) >= 11 is 0. The maximum Gasteiger partial charge on any atom is 0.330 e. The van der Waals surface area contributed by atoms with Crippen molar-refractivity contribution in [1.29, 1.82) is 0 Å². The molecule has 1 aliphatic rings. The minimum absolute atomic E-state index is 0.215. The van der Waals surface area contributed by atoms with Gasteiger partial charge in [-0.3, -0.25) is 0 Å². The predicted octanol–water partition coefficient (Wildman–Crippen LogP) is 6.02. The van der Waals surface area contributed by atoms with E-state index in [0.29, 0.717) is 26.1 Å². The number of esters is 1. The minimum Gasteiger partial charge on any atom is -0.463 e. The summed E-state index contributed by atoms with van der Waals surface area (Å²) in [6.07, 6.45) is 3.82. The van der Waals surface area contributed by atoms with Crippen LogP contribution in [0.25, 0.3) is 0 Å². The van der Waals surface area contributed by atoms with Crippen LogP contribution in [0.2, 0.25) is 0 Å². The van der Waals surface area contributed by atoms with E-state index in [2.05, 4.69) is 45.7 Å². The second-order valence-corrected chi connectivity index (χ2v) is 10.7. The number of carbonyl (C=O) groups is 1. The molecule has 1 unspecified atom stereocenters. The molecule has 1 atom stereocenters. The molecular formula is C27H30N2O3P. The third-order valence-corrected chi connectivity index (χ3v) is 9.47. The molecule has 1 saturated heterocycles. The lowest BCUT2D eigenvalue weighted by Gasteiger charge is -2.47. The topological polar surface area (TPSA) is 53.0 Å². The Labute approximate surface area is 196 Å². The van der Waals surface area contributed by atoms with Gasteiger partial charge in [0.25, 0.3) is 0 Å². The number of rotatable bonds is 8. The van der Waals surface area contributed by atoms with Crippen LogP contribution < -0.4 is 9.34 Å². The molecule has 3 aromatic carbocycles. The van der Waals surface area contributed by atoms with Crippen LogP contribution >= 0.6 is 7.79 Å². The van der Waals surface area contributed by atoms with Crippen molar-refractivity contribution in [2.45, 2.75) is 19.0 Å². The highest BCUT2D eigenvalue weighted by Gasteiger charge is 2.50. The lowest BCUT2D eigenvalue weighted by Crippen LogP contribution is -2.29. The quantitative estimate of drug-likeness (QED) is 0.253. The van der Waals surface area contributed by atoms with Gasteiger partial charge in [0.2, 0.25) is 0 Å². The van der Waals surface area contributed by atoms with Gasteiger partial charge in [0.1, 0.15) is 0 Å². The highest BCUT2D eigenvalue weighted by molar-refractivity contribution is 7.74. The van der Waals surface area contributed by atoms with Crippen molar-refractivity contribution in [3.05, 3.63) is 109 Å². The summed E-state index contributed by atoms with van der Waals surface area (Å²) in [6, 6.07) is 30.3. The van der Waals surface area contributed by atoms with E-state index < -0.39 is 7.79 Å². The highest BCUT2D eigenvalue weighted by atomic mass is 31.2. The Kier molecular flexibility index (Phi) is 7.43. The second kappa shape index (κ2) is 10.7. The van der Waals surface area contributed by atoms with Gasteiger partial charge in [-0.25, -0.2) is 4.79 Å². The molecule has 0 aliphatic carbocycles. The number of para-hydroxylation sites is 2. The Morgan fingerprint density at radius 2 is 1.39 bits per heavy atom. The molecular weight excluding hydrogens is 431 g/mol. The van der Waals surface area contributed by atoms with Crippen molar-refractivity contribution >= 4 is 25.1 Å². The van der Waals surface area contributed by atoms with Gasteiger partial charge >= 0.3 is 5.97 Å². The summed E-state index contributed by atoms with van der Waals surface area (Å²) in [5, 5.41) is 0. The molecule has 4 rings (SSSR count). The minimum atomic E-state index is -2.93. The van der Waals surface area contributed by atoms with Crippen LogP contribution in [0.15, 0.2) is 103 Å². The van der Waals surface area contributed by atoms with Crippen molar-refractivity contribution in [2.75, 3.05) is 29.0 Å². The summed E-state index contributed by atoms with van der Waals surface area (Å²) in [4.78, 5) is 24.7. The Morgan fingerprint density at radius 1 is 0.909 bits per heavy atom. The molecule has 1 radical (unpaired) electrons. The Morgan fingerprint density at radius 3 is 1.88 bits per heavy atom. The first-order valence-electron chi connectivity index (χ1n) is 11.3. The molecule has 0 saturated carbocycles. The molecule has 1 N–H and O–H groups in total. The number of hydrogen-bond acceptors (Lipinski definition) is 5. The van der Waals surface area contributed by atoms with Crippen LogP contribution in [0, 0.1) is 0 Å². The molecule has 0 spiro atoms. The first-order chi connectivity index (χ1) is 16.1. The average molecular weight is 462 g/mol. The first-order valence-corrected chi connectivity index (χ1v) is 13.0. The van der Waals surface area contributed by atoms with Gasteiger partial charge in [0.15, 0.2) is 7.79 Å². The summed E-state index contributed by atoms with van der Waals surface area (Å²) < 4.78 is 9.41. The van der Waals surface area contributed by atoms with Gasteiger partial charge in [-0.05, 0) is 43.2 Å². The number of benzene rings is 3. The van der Waals surface area contributed by atoms with E-state index in [1.54, 1.807) is 6.92 Å². The van der Waals surface area contributed by atoms with E-state index in [9.17, 15) is 9.69 Å². The standard InChI is InChI=1S/C27H30N2O3P/c1-2-32-27(30)20-12-19-26(23-13-6-3-7-14-23)33(31)28(24-15-8-4-9-16-24)21-22-29(33)25-17-10-5-11-18-25/h3-18,20,26,31H,2,19,21-22H2,1H3/b20-12+. The van der Waals surface area contributed by atoms with Crippen LogP contribution in [0.3, 0.4) is 0 Å². The molecule has 5 nitrogen and oxygen atoms in total. The Hall–Kier alpha value is -3.14. The summed E-state index contributed by atoms with van der Waals surface area (Å²) in [6.45, 7) is 3.56. The Bertz CT molecular complexity index is 1010. The zero-order valence-corrected chi connectivity index (χ0v) is 19.7. The monoisotopic (exact) mass is 461 g/mol. The zero-order chi connectivity index (χ0) is 23.1. The fourth-order valence-electron chi connectivity index (χ4n) is 4.39. The molecule has 1 heterocycles. The van der Waals surface area contributed by atoms with Crippen LogP contribution in [0.1, 0.15) is 24.6 Å². The molecule has 0 aromatic heterocycles. The lowest BCUT2D eigenvalue weighted by atomic mass is 10.1. The molecule has 1 fully saturated rings. The normalized spacial score (nSPS) is 16.2. The third kappa shape index (κ3) is 4.95. The number of nitrogens with zero attached hydrogens (tertiary/aromatic N) is 2. The van der Waals surface area contributed by atoms with Gasteiger partial charge < -0.3 is 19.0 Å². The zero-order valence-electron chi connectivity index (χ0n) is 18.8. The van der Waals surface area contributed by atoms with E-state index in [0.717, 1.165) is 16.9 Å². The van der Waals surface area contributed by atoms with Gasteiger partial charge in [0.05, 0.1) is 12.3 Å². The van der Waals surface area contributed by atoms with Crippen LogP contribution in [0.5, 0.6) is 0 Å². The number of hydrogen-bond donors (Lipinski definition) is 1. The molecule has 1 aliphatic heterocycles. The van der Waals surface area contributed by atoms with Crippen molar-refractivity contribution in [3.63, 3.8) is 0 Å². The summed E-state index contributed by atoms with van der Waals surface area (Å²) in [5.74, 6) is -0.360. The SMILES string of the molecule is CCOC(=O)/C=C/CC(c1ccccc1)[P]1(O)N(c2ccccc2)CCN1c1ccccc1. The first kappa shape index (κ1) is 23.0. The van der Waals surface area contributed by atoms with E-state index in [-0.39, 0.29) is 11.6 Å². The molecule has 0 bridgehead atoms. The second-order valence-electron chi connectivity index (χ2n) is 7.85. The predicted molar refractivity (Wildman–Crippen MR) is 136 cm³/mol. The number of anilines is 2. The van der Waals surface area contributed by atoms with Gasteiger partial charge in [-0.1, -0.05) is 72.8 Å². The van der Waals surface area contributed by atoms with Crippen molar-refractivity contribution in [2.24, 2.45) is 0 Å². The molecule has 33 heavy (non-hydrogen) atoms. The largest absolute Gasteiger partial charge is 0.463 e. The maximum atomic E-state index is 12.7. The van der Waals surface area contributed by atoms with Crippen molar-refractivity contribution in [3.8, 4) is 0 Å². The summed E-state index contributed by atoms with van der Waals surface area (Å²) in [7, 11) is -2.93. The molecule has 6 heteroatoms. The average Bonchev–Trinajstić information content (AvgIpc) is 3.21. The van der Waals surface area contributed by atoms with E-state index in [1.165, 1.54) is 6.08 Å². The lowest BCUT2D eigenvalue weighted by molar-refractivity contribution is -0.137. The van der Waals surface area contributed by atoms with Gasteiger partial charge in [-0.15, -0.1) is 0 Å². The van der Waals surface area contributed by atoms with Crippen LogP contribution in [0.4, 0.5) is 11.4 Å². The molecule has 3 aromatic rings. The molecule has 0 amide bonds. The fourth-order valence-corrected chi connectivity index (χ4v) is 8.01. The highest BCUT2D eigenvalue weighted by Crippen LogP contribution is 2.76. The Balaban J connectivity index is 1.80. The maximum absolute atomic E-state index is 12.7. The van der Waals surface area contributed by atoms with Crippen LogP contribution in [-0.4, -0.2) is 30.6 Å².